The van der Waals surface area contributed by atoms with Crippen LogP contribution in [0.15, 0.2) is 62.6 Å². The zero-order valence-electron chi connectivity index (χ0n) is 14.9. The molecule has 0 bridgehead atoms. The van der Waals surface area contributed by atoms with Gasteiger partial charge in [-0.25, -0.2) is 13.2 Å². The second kappa shape index (κ2) is 6.86. The van der Waals surface area contributed by atoms with Crippen LogP contribution in [0.5, 0.6) is 5.75 Å². The fourth-order valence-corrected chi connectivity index (χ4v) is 4.79. The van der Waals surface area contributed by atoms with Crippen LogP contribution in [0.25, 0.3) is 11.1 Å². The van der Waals surface area contributed by atoms with Crippen LogP contribution in [0.1, 0.15) is 12.8 Å². The van der Waals surface area contributed by atoms with Crippen LogP contribution < -0.4 is 10.5 Å². The van der Waals surface area contributed by atoms with Crippen molar-refractivity contribution < 1.29 is 17.6 Å². The number of para-hydroxylation sites is 1. The van der Waals surface area contributed by atoms with Crippen molar-refractivity contribution in [1.29, 1.82) is 0 Å². The van der Waals surface area contributed by atoms with Crippen LogP contribution in [0.3, 0.4) is 0 Å². The minimum Gasteiger partial charge on any atom is -0.490 e. The zero-order chi connectivity index (χ0) is 19.0. The summed E-state index contributed by atoms with van der Waals surface area (Å²) in [6.07, 6.45) is 1.24. The first-order valence-electron chi connectivity index (χ1n) is 8.76. The zero-order valence-corrected chi connectivity index (χ0v) is 15.7. The average Bonchev–Trinajstić information content (AvgIpc) is 2.96. The fraction of sp³-hybridized carbons (Fsp3) is 0.316. The molecule has 142 valence electrons. The van der Waals surface area contributed by atoms with Gasteiger partial charge in [-0.2, -0.15) is 4.31 Å². The van der Waals surface area contributed by atoms with Crippen molar-refractivity contribution in [3.8, 4) is 5.75 Å². The number of hydrogen-bond acceptors (Lipinski definition) is 5. The average molecular weight is 388 g/mol. The van der Waals surface area contributed by atoms with Crippen molar-refractivity contribution in [1.82, 2.24) is 8.87 Å². The molecule has 1 aromatic heterocycles. The molecule has 2 aromatic carbocycles. The highest BCUT2D eigenvalue weighted by Gasteiger charge is 2.30. The third-order valence-electron chi connectivity index (χ3n) is 4.85. The van der Waals surface area contributed by atoms with E-state index in [1.165, 1.54) is 21.0 Å². The number of fused-ring (bicyclic) bond motifs is 1. The summed E-state index contributed by atoms with van der Waals surface area (Å²) in [5.74, 6) is 0.279. The number of sulfonamides is 1. The maximum absolute atomic E-state index is 12.9. The number of hydrogen-bond donors (Lipinski definition) is 0. The highest BCUT2D eigenvalue weighted by atomic mass is 32.2. The Hall–Kier alpha value is -2.58. The molecule has 0 unspecified atom stereocenters. The van der Waals surface area contributed by atoms with Gasteiger partial charge >= 0.3 is 5.76 Å². The van der Waals surface area contributed by atoms with E-state index in [2.05, 4.69) is 0 Å². The number of aromatic nitrogens is 1. The Morgan fingerprint density at radius 2 is 1.78 bits per heavy atom. The molecule has 1 fully saturated rings. The number of benzene rings is 2. The second-order valence-electron chi connectivity index (χ2n) is 6.59. The molecule has 0 N–H and O–H groups in total. The quantitative estimate of drug-likeness (QED) is 0.685. The summed E-state index contributed by atoms with van der Waals surface area (Å²) in [4.78, 5) is 11.7. The summed E-state index contributed by atoms with van der Waals surface area (Å²) in [5.41, 5.74) is 0.833. The fourth-order valence-electron chi connectivity index (χ4n) is 3.31. The minimum absolute atomic E-state index is 0.00604. The molecule has 7 nitrogen and oxygen atoms in total. The number of aryl methyl sites for hydroxylation is 1. The standard InChI is InChI=1S/C19H20N2O5S/c1-20-17-8-7-16(13-18(17)26-19(20)22)27(23,24)21-11-9-15(10-12-21)25-14-5-3-2-4-6-14/h2-8,13,15H,9-12H2,1H3. The lowest BCUT2D eigenvalue weighted by atomic mass is 10.1. The van der Waals surface area contributed by atoms with Crippen LogP contribution in [-0.2, 0) is 17.1 Å². The molecular formula is C19H20N2O5S. The first kappa shape index (κ1) is 17.8. The summed E-state index contributed by atoms with van der Waals surface area (Å²) in [6, 6.07) is 14.1. The molecular weight excluding hydrogens is 368 g/mol. The van der Waals surface area contributed by atoms with Gasteiger partial charge in [-0.15, -0.1) is 0 Å². The smallest absolute Gasteiger partial charge is 0.419 e. The van der Waals surface area contributed by atoms with E-state index < -0.39 is 15.8 Å². The van der Waals surface area contributed by atoms with Crippen LogP contribution in [0, 0.1) is 0 Å². The molecule has 0 saturated carbocycles. The van der Waals surface area contributed by atoms with Gasteiger partial charge in [-0.3, -0.25) is 4.57 Å². The molecule has 1 saturated heterocycles. The highest BCUT2D eigenvalue weighted by molar-refractivity contribution is 7.89. The summed E-state index contributed by atoms with van der Waals surface area (Å²) < 4.78 is 39.7. The minimum atomic E-state index is -3.65. The Balaban J connectivity index is 1.49. The largest absolute Gasteiger partial charge is 0.490 e. The Morgan fingerprint density at radius 3 is 2.48 bits per heavy atom. The van der Waals surface area contributed by atoms with E-state index >= 15 is 0 Å². The lowest BCUT2D eigenvalue weighted by Gasteiger charge is -2.31. The number of piperidine rings is 1. The highest BCUT2D eigenvalue weighted by Crippen LogP contribution is 2.25. The summed E-state index contributed by atoms with van der Waals surface area (Å²) in [5, 5.41) is 0. The van der Waals surface area contributed by atoms with E-state index in [0.29, 0.717) is 31.4 Å². The van der Waals surface area contributed by atoms with Gasteiger partial charge in [0.15, 0.2) is 5.58 Å². The molecule has 2 heterocycles. The normalized spacial score (nSPS) is 16.6. The van der Waals surface area contributed by atoms with Crippen molar-refractivity contribution in [2.75, 3.05) is 13.1 Å². The molecule has 1 aliphatic rings. The molecule has 0 atom stereocenters. The first-order chi connectivity index (χ1) is 12.9. The third kappa shape index (κ3) is 3.38. The number of rotatable bonds is 4. The Labute approximate surface area is 156 Å². The Bertz CT molecular complexity index is 1110. The summed E-state index contributed by atoms with van der Waals surface area (Å²) in [7, 11) is -2.06. The van der Waals surface area contributed by atoms with E-state index in [1.807, 2.05) is 30.3 Å². The van der Waals surface area contributed by atoms with E-state index in [9.17, 15) is 13.2 Å². The van der Waals surface area contributed by atoms with E-state index in [-0.39, 0.29) is 16.6 Å². The molecule has 1 aliphatic heterocycles. The van der Waals surface area contributed by atoms with Crippen molar-refractivity contribution >= 4 is 21.1 Å². The predicted molar refractivity (Wildman–Crippen MR) is 100 cm³/mol. The van der Waals surface area contributed by atoms with E-state index in [0.717, 1.165) is 5.75 Å². The van der Waals surface area contributed by atoms with Gasteiger partial charge in [-0.1, -0.05) is 18.2 Å². The number of ether oxygens (including phenoxy) is 1. The molecule has 0 aliphatic carbocycles. The van der Waals surface area contributed by atoms with Crippen molar-refractivity contribution in [3.05, 3.63) is 59.1 Å². The second-order valence-corrected chi connectivity index (χ2v) is 8.53. The van der Waals surface area contributed by atoms with Crippen molar-refractivity contribution in [2.24, 2.45) is 7.05 Å². The molecule has 8 heteroatoms. The molecule has 0 radical (unpaired) electrons. The van der Waals surface area contributed by atoms with Crippen molar-refractivity contribution in [3.63, 3.8) is 0 Å². The SMILES string of the molecule is Cn1c(=O)oc2cc(S(=O)(=O)N3CCC(Oc4ccccc4)CC3)ccc21. The van der Waals surface area contributed by atoms with Gasteiger partial charge < -0.3 is 9.15 Å². The third-order valence-corrected chi connectivity index (χ3v) is 6.74. The maximum Gasteiger partial charge on any atom is 0.419 e. The monoisotopic (exact) mass is 388 g/mol. The topological polar surface area (TPSA) is 81.8 Å². The van der Waals surface area contributed by atoms with Crippen molar-refractivity contribution in [2.45, 2.75) is 23.8 Å². The van der Waals surface area contributed by atoms with Crippen LogP contribution >= 0.6 is 0 Å². The molecule has 3 aromatic rings. The Morgan fingerprint density at radius 1 is 1.07 bits per heavy atom. The maximum atomic E-state index is 12.9. The van der Waals surface area contributed by atoms with Gasteiger partial charge in [0.05, 0.1) is 10.4 Å². The van der Waals surface area contributed by atoms with Gasteiger partial charge in [0.25, 0.3) is 0 Å². The van der Waals surface area contributed by atoms with Gasteiger partial charge in [0.1, 0.15) is 11.9 Å². The predicted octanol–water partition coefficient (Wildman–Crippen LogP) is 2.36. The molecule has 0 amide bonds. The summed E-state index contributed by atoms with van der Waals surface area (Å²) in [6.45, 7) is 0.771. The van der Waals surface area contributed by atoms with Crippen LogP contribution in [0.2, 0.25) is 0 Å². The van der Waals surface area contributed by atoms with E-state index in [4.69, 9.17) is 9.15 Å². The molecule has 4 rings (SSSR count). The summed E-state index contributed by atoms with van der Waals surface area (Å²) >= 11 is 0. The van der Waals surface area contributed by atoms with Gasteiger partial charge in [0, 0.05) is 26.2 Å². The molecule has 27 heavy (non-hydrogen) atoms. The Kier molecular flexibility index (Phi) is 4.53. The lowest BCUT2D eigenvalue weighted by molar-refractivity contribution is 0.135. The number of nitrogens with zero attached hydrogens (tertiary/aromatic N) is 2. The lowest BCUT2D eigenvalue weighted by Crippen LogP contribution is -2.41. The van der Waals surface area contributed by atoms with E-state index in [1.54, 1.807) is 13.1 Å². The first-order valence-corrected chi connectivity index (χ1v) is 10.2. The van der Waals surface area contributed by atoms with Gasteiger partial charge in [0.2, 0.25) is 10.0 Å². The van der Waals surface area contributed by atoms with Crippen LogP contribution in [-0.4, -0.2) is 36.5 Å². The van der Waals surface area contributed by atoms with Gasteiger partial charge in [-0.05, 0) is 37.1 Å². The number of oxazole rings is 1. The molecule has 0 spiro atoms. The van der Waals surface area contributed by atoms with Crippen LogP contribution in [0.4, 0.5) is 0 Å².